The number of alkyl carbamates (subject to hydrolysis) is 1. The molecule has 2 amide bonds. The van der Waals surface area contributed by atoms with Crippen LogP contribution < -0.4 is 10.1 Å². The molecule has 0 radical (unpaired) electrons. The van der Waals surface area contributed by atoms with Gasteiger partial charge in [0.25, 0.3) is 0 Å². The van der Waals surface area contributed by atoms with Gasteiger partial charge in [-0.3, -0.25) is 4.79 Å². The first-order valence-corrected chi connectivity index (χ1v) is 9.79. The van der Waals surface area contributed by atoms with Crippen LogP contribution in [-0.4, -0.2) is 53.7 Å². The summed E-state index contributed by atoms with van der Waals surface area (Å²) in [7, 11) is 2.92. The number of rotatable bonds is 6. The van der Waals surface area contributed by atoms with Crippen LogP contribution in [0.5, 0.6) is 5.75 Å². The SMILES string of the molecule is COC(=O)N[C@H](C(=O)N1CCC[C@H]1c1ncc(-c2ccc(OC)cc2)[nH]1)C(C)C. The van der Waals surface area contributed by atoms with Crippen molar-refractivity contribution in [2.45, 2.75) is 38.8 Å². The lowest BCUT2D eigenvalue weighted by Crippen LogP contribution is -2.51. The number of hydrogen-bond acceptors (Lipinski definition) is 5. The summed E-state index contributed by atoms with van der Waals surface area (Å²) in [5.41, 5.74) is 1.88. The van der Waals surface area contributed by atoms with Crippen molar-refractivity contribution in [3.8, 4) is 17.0 Å². The highest BCUT2D eigenvalue weighted by Crippen LogP contribution is 2.32. The molecule has 1 saturated heterocycles. The van der Waals surface area contributed by atoms with Gasteiger partial charge in [0.1, 0.15) is 17.6 Å². The van der Waals surface area contributed by atoms with Crippen molar-refractivity contribution in [2.24, 2.45) is 5.92 Å². The van der Waals surface area contributed by atoms with Crippen LogP contribution in [0.3, 0.4) is 0 Å². The first-order chi connectivity index (χ1) is 13.9. The minimum absolute atomic E-state index is 0.0608. The summed E-state index contributed by atoms with van der Waals surface area (Å²) >= 11 is 0. The van der Waals surface area contributed by atoms with Gasteiger partial charge in [-0.1, -0.05) is 13.8 Å². The summed E-state index contributed by atoms with van der Waals surface area (Å²) in [6.07, 6.45) is 2.89. The maximum atomic E-state index is 13.2. The zero-order valence-corrected chi connectivity index (χ0v) is 17.3. The number of carbonyl (C=O) groups excluding carboxylic acids is 2. The number of benzene rings is 1. The normalized spacial score (nSPS) is 17.3. The lowest BCUT2D eigenvalue weighted by molar-refractivity contribution is -0.135. The third-order valence-electron chi connectivity index (χ3n) is 5.24. The van der Waals surface area contributed by atoms with E-state index in [1.807, 2.05) is 38.1 Å². The van der Waals surface area contributed by atoms with E-state index in [-0.39, 0.29) is 17.9 Å². The number of carbonyl (C=O) groups is 2. The number of aromatic amines is 1. The van der Waals surface area contributed by atoms with Crippen molar-refractivity contribution in [1.82, 2.24) is 20.2 Å². The first kappa shape index (κ1) is 20.7. The van der Waals surface area contributed by atoms with Crippen molar-refractivity contribution in [3.05, 3.63) is 36.3 Å². The van der Waals surface area contributed by atoms with Gasteiger partial charge < -0.3 is 24.7 Å². The number of aromatic nitrogens is 2. The van der Waals surface area contributed by atoms with E-state index in [9.17, 15) is 9.59 Å². The number of likely N-dealkylation sites (tertiary alicyclic amines) is 1. The summed E-state index contributed by atoms with van der Waals surface area (Å²) < 4.78 is 9.88. The van der Waals surface area contributed by atoms with Gasteiger partial charge in [0, 0.05) is 6.54 Å². The van der Waals surface area contributed by atoms with Crippen LogP contribution in [-0.2, 0) is 9.53 Å². The zero-order valence-electron chi connectivity index (χ0n) is 17.3. The Labute approximate surface area is 170 Å². The van der Waals surface area contributed by atoms with Crippen LogP contribution in [0.2, 0.25) is 0 Å². The minimum Gasteiger partial charge on any atom is -0.497 e. The highest BCUT2D eigenvalue weighted by molar-refractivity contribution is 5.86. The summed E-state index contributed by atoms with van der Waals surface area (Å²) in [5.74, 6) is 1.37. The van der Waals surface area contributed by atoms with Gasteiger partial charge in [0.05, 0.1) is 32.2 Å². The van der Waals surface area contributed by atoms with E-state index < -0.39 is 12.1 Å². The fourth-order valence-corrected chi connectivity index (χ4v) is 3.62. The molecule has 3 rings (SSSR count). The van der Waals surface area contributed by atoms with Crippen molar-refractivity contribution in [2.75, 3.05) is 20.8 Å². The third-order valence-corrected chi connectivity index (χ3v) is 5.24. The average Bonchev–Trinajstić information content (AvgIpc) is 3.40. The Morgan fingerprint density at radius 1 is 1.24 bits per heavy atom. The highest BCUT2D eigenvalue weighted by Gasteiger charge is 2.37. The predicted octanol–water partition coefficient (Wildman–Crippen LogP) is 3.13. The van der Waals surface area contributed by atoms with Crippen LogP contribution in [0.4, 0.5) is 4.79 Å². The lowest BCUT2D eigenvalue weighted by atomic mass is 10.0. The molecule has 1 fully saturated rings. The Morgan fingerprint density at radius 2 is 1.97 bits per heavy atom. The molecule has 1 aliphatic heterocycles. The minimum atomic E-state index is -0.640. The molecule has 1 aromatic carbocycles. The van der Waals surface area contributed by atoms with Gasteiger partial charge in [-0.05, 0) is 48.6 Å². The van der Waals surface area contributed by atoms with E-state index in [0.717, 1.165) is 35.7 Å². The molecule has 0 aliphatic carbocycles. The van der Waals surface area contributed by atoms with Crippen molar-refractivity contribution >= 4 is 12.0 Å². The molecule has 0 spiro atoms. The van der Waals surface area contributed by atoms with Gasteiger partial charge in [-0.25, -0.2) is 9.78 Å². The molecule has 2 N–H and O–H groups in total. The molecule has 0 unspecified atom stereocenters. The fourth-order valence-electron chi connectivity index (χ4n) is 3.62. The molecule has 2 aromatic rings. The van der Waals surface area contributed by atoms with Gasteiger partial charge in [-0.15, -0.1) is 0 Å². The van der Waals surface area contributed by atoms with Crippen molar-refractivity contribution in [1.29, 1.82) is 0 Å². The highest BCUT2D eigenvalue weighted by atomic mass is 16.5. The second-order valence-corrected chi connectivity index (χ2v) is 7.46. The van der Waals surface area contributed by atoms with Crippen LogP contribution in [0.1, 0.15) is 38.6 Å². The van der Waals surface area contributed by atoms with Crippen LogP contribution in [0, 0.1) is 5.92 Å². The zero-order chi connectivity index (χ0) is 21.0. The molecule has 1 aliphatic rings. The van der Waals surface area contributed by atoms with Gasteiger partial charge in [0.15, 0.2) is 0 Å². The Hall–Kier alpha value is -3.03. The molecule has 0 bridgehead atoms. The number of ether oxygens (including phenoxy) is 2. The molecule has 8 heteroatoms. The summed E-state index contributed by atoms with van der Waals surface area (Å²) in [5, 5.41) is 2.66. The van der Waals surface area contributed by atoms with Gasteiger partial charge >= 0.3 is 6.09 Å². The molecule has 2 atom stereocenters. The Kier molecular flexibility index (Phi) is 6.41. The summed E-state index contributed by atoms with van der Waals surface area (Å²) in [6, 6.07) is 6.93. The smallest absolute Gasteiger partial charge is 0.407 e. The van der Waals surface area contributed by atoms with E-state index in [4.69, 9.17) is 4.74 Å². The molecule has 2 heterocycles. The molecule has 0 saturated carbocycles. The molecule has 156 valence electrons. The van der Waals surface area contributed by atoms with E-state index in [0.29, 0.717) is 6.54 Å². The number of methoxy groups -OCH3 is 2. The molecular formula is C21H28N4O4. The number of nitrogens with one attached hydrogen (secondary N) is 2. The van der Waals surface area contributed by atoms with E-state index in [1.54, 1.807) is 18.2 Å². The van der Waals surface area contributed by atoms with E-state index in [1.165, 1.54) is 7.11 Å². The third kappa shape index (κ3) is 4.52. The van der Waals surface area contributed by atoms with Crippen molar-refractivity contribution in [3.63, 3.8) is 0 Å². The molecule has 1 aromatic heterocycles. The van der Waals surface area contributed by atoms with Crippen LogP contribution >= 0.6 is 0 Å². The largest absolute Gasteiger partial charge is 0.497 e. The maximum Gasteiger partial charge on any atom is 0.407 e. The monoisotopic (exact) mass is 400 g/mol. The van der Waals surface area contributed by atoms with Crippen molar-refractivity contribution < 1.29 is 19.1 Å². The number of nitrogens with zero attached hydrogens (tertiary/aromatic N) is 2. The van der Waals surface area contributed by atoms with Crippen LogP contribution in [0.15, 0.2) is 30.5 Å². The van der Waals surface area contributed by atoms with Gasteiger partial charge in [0.2, 0.25) is 5.91 Å². The quantitative estimate of drug-likeness (QED) is 0.777. The number of imidazole rings is 1. The number of amides is 2. The summed E-state index contributed by atoms with van der Waals surface area (Å²) in [6.45, 7) is 4.44. The second kappa shape index (κ2) is 8.98. The Balaban J connectivity index is 1.78. The first-order valence-electron chi connectivity index (χ1n) is 9.79. The fraction of sp³-hybridized carbons (Fsp3) is 0.476. The van der Waals surface area contributed by atoms with E-state index >= 15 is 0 Å². The number of H-pyrrole nitrogens is 1. The average molecular weight is 400 g/mol. The Bertz CT molecular complexity index is 847. The van der Waals surface area contributed by atoms with Crippen LogP contribution in [0.25, 0.3) is 11.3 Å². The topological polar surface area (TPSA) is 96.6 Å². The molecular weight excluding hydrogens is 372 g/mol. The predicted molar refractivity (Wildman–Crippen MR) is 108 cm³/mol. The standard InChI is InChI=1S/C21H28N4O4/c1-13(2)18(24-21(27)29-4)20(26)25-11-5-6-17(25)19-22-12-16(23-19)14-7-9-15(28-3)10-8-14/h7-10,12-13,17-18H,5-6,11H2,1-4H3,(H,22,23)(H,24,27)/t17-,18-/m0/s1. The molecule has 8 nitrogen and oxygen atoms in total. The Morgan fingerprint density at radius 3 is 2.59 bits per heavy atom. The summed E-state index contributed by atoms with van der Waals surface area (Å²) in [4.78, 5) is 34.5. The lowest BCUT2D eigenvalue weighted by Gasteiger charge is -2.30. The van der Waals surface area contributed by atoms with E-state index in [2.05, 4.69) is 20.0 Å². The second-order valence-electron chi connectivity index (χ2n) is 7.46. The number of hydrogen-bond donors (Lipinski definition) is 2. The maximum absolute atomic E-state index is 13.2. The molecule has 29 heavy (non-hydrogen) atoms. The van der Waals surface area contributed by atoms with Gasteiger partial charge in [-0.2, -0.15) is 0 Å².